The first-order valence-corrected chi connectivity index (χ1v) is 7.69. The van der Waals surface area contributed by atoms with Crippen molar-refractivity contribution >= 4 is 22.8 Å². The summed E-state index contributed by atoms with van der Waals surface area (Å²) >= 11 is 0. The molecule has 0 aliphatic carbocycles. The number of rotatable bonds is 5. The predicted molar refractivity (Wildman–Crippen MR) is 91.4 cm³/mol. The molecule has 0 radical (unpaired) electrons. The van der Waals surface area contributed by atoms with Gasteiger partial charge in [-0.25, -0.2) is 4.79 Å². The van der Waals surface area contributed by atoms with E-state index in [4.69, 9.17) is 4.74 Å². The van der Waals surface area contributed by atoms with Gasteiger partial charge in [0, 0.05) is 30.6 Å². The molecule has 0 unspecified atom stereocenters. The standard InChI is InChI=1S/C19H18N2O3/c1-13(22)21-11-14-5-7-15(8-6-14)19(23)24-12-16-3-2-4-18-17(16)9-10-20-18/h2-10,20H,11-12H2,1H3,(H,21,22). The number of aromatic nitrogens is 1. The number of hydrogen-bond acceptors (Lipinski definition) is 3. The van der Waals surface area contributed by atoms with Gasteiger partial charge in [0.15, 0.2) is 0 Å². The van der Waals surface area contributed by atoms with Gasteiger partial charge in [-0.1, -0.05) is 24.3 Å². The third-order valence-electron chi connectivity index (χ3n) is 3.78. The van der Waals surface area contributed by atoms with E-state index >= 15 is 0 Å². The molecule has 1 amide bonds. The average molecular weight is 322 g/mol. The van der Waals surface area contributed by atoms with Crippen molar-refractivity contribution in [3.05, 3.63) is 71.4 Å². The fourth-order valence-electron chi connectivity index (χ4n) is 2.49. The minimum atomic E-state index is -0.367. The number of H-pyrrole nitrogens is 1. The molecule has 24 heavy (non-hydrogen) atoms. The maximum atomic E-state index is 12.2. The zero-order valence-corrected chi connectivity index (χ0v) is 13.3. The number of ether oxygens (including phenoxy) is 1. The minimum Gasteiger partial charge on any atom is -0.457 e. The molecule has 0 saturated carbocycles. The van der Waals surface area contributed by atoms with Crippen molar-refractivity contribution in [3.63, 3.8) is 0 Å². The molecule has 2 aromatic carbocycles. The van der Waals surface area contributed by atoms with Gasteiger partial charge in [-0.15, -0.1) is 0 Å². The van der Waals surface area contributed by atoms with Gasteiger partial charge in [-0.05, 0) is 35.4 Å². The predicted octanol–water partition coefficient (Wildman–Crippen LogP) is 3.16. The van der Waals surface area contributed by atoms with E-state index in [2.05, 4.69) is 10.3 Å². The molecule has 0 aliphatic rings. The van der Waals surface area contributed by atoms with Gasteiger partial charge >= 0.3 is 5.97 Å². The molecule has 0 fully saturated rings. The second kappa shape index (κ2) is 7.00. The molecule has 0 spiro atoms. The zero-order chi connectivity index (χ0) is 16.9. The smallest absolute Gasteiger partial charge is 0.338 e. The molecule has 5 nitrogen and oxygen atoms in total. The van der Waals surface area contributed by atoms with Gasteiger partial charge < -0.3 is 15.0 Å². The number of amides is 1. The molecular formula is C19H18N2O3. The Kier molecular flexibility index (Phi) is 4.61. The van der Waals surface area contributed by atoms with Crippen LogP contribution in [0.2, 0.25) is 0 Å². The van der Waals surface area contributed by atoms with Crippen molar-refractivity contribution in [1.82, 2.24) is 10.3 Å². The largest absolute Gasteiger partial charge is 0.457 e. The highest BCUT2D eigenvalue weighted by Gasteiger charge is 2.09. The number of esters is 1. The Morgan fingerprint density at radius 1 is 1.08 bits per heavy atom. The molecule has 1 heterocycles. The Morgan fingerprint density at radius 3 is 2.62 bits per heavy atom. The molecule has 122 valence electrons. The summed E-state index contributed by atoms with van der Waals surface area (Å²) in [5.74, 6) is -0.453. The van der Waals surface area contributed by atoms with Gasteiger partial charge in [0.1, 0.15) is 6.61 Å². The Balaban J connectivity index is 1.62. The fourth-order valence-corrected chi connectivity index (χ4v) is 2.49. The van der Waals surface area contributed by atoms with Crippen molar-refractivity contribution in [1.29, 1.82) is 0 Å². The fraction of sp³-hybridized carbons (Fsp3) is 0.158. The van der Waals surface area contributed by atoms with Crippen LogP contribution < -0.4 is 5.32 Å². The first kappa shape index (κ1) is 15.8. The summed E-state index contributed by atoms with van der Waals surface area (Å²) in [6.45, 7) is 2.14. The summed E-state index contributed by atoms with van der Waals surface area (Å²) in [5, 5.41) is 3.77. The SMILES string of the molecule is CC(=O)NCc1ccc(C(=O)OCc2cccc3[nH]ccc23)cc1. The monoisotopic (exact) mass is 322 g/mol. The summed E-state index contributed by atoms with van der Waals surface area (Å²) in [6.07, 6.45) is 1.86. The van der Waals surface area contributed by atoms with E-state index in [9.17, 15) is 9.59 Å². The number of hydrogen-bond donors (Lipinski definition) is 2. The Bertz CT molecular complexity index is 866. The van der Waals surface area contributed by atoms with Crippen molar-refractivity contribution < 1.29 is 14.3 Å². The van der Waals surface area contributed by atoms with Crippen molar-refractivity contribution in [2.24, 2.45) is 0 Å². The van der Waals surface area contributed by atoms with Crippen LogP contribution in [0, 0.1) is 0 Å². The topological polar surface area (TPSA) is 71.2 Å². The average Bonchev–Trinajstić information content (AvgIpc) is 3.07. The van der Waals surface area contributed by atoms with Gasteiger partial charge in [-0.3, -0.25) is 4.79 Å². The van der Waals surface area contributed by atoms with Crippen molar-refractivity contribution in [2.75, 3.05) is 0 Å². The van der Waals surface area contributed by atoms with E-state index in [0.717, 1.165) is 22.0 Å². The number of aromatic amines is 1. The van der Waals surface area contributed by atoms with E-state index in [1.165, 1.54) is 6.92 Å². The van der Waals surface area contributed by atoms with E-state index in [1.807, 2.05) is 30.5 Å². The number of carbonyl (C=O) groups excluding carboxylic acids is 2. The van der Waals surface area contributed by atoms with E-state index < -0.39 is 0 Å². The van der Waals surface area contributed by atoms with E-state index in [1.54, 1.807) is 24.3 Å². The molecule has 0 saturated heterocycles. The summed E-state index contributed by atoms with van der Waals surface area (Å²) in [7, 11) is 0. The lowest BCUT2D eigenvalue weighted by atomic mass is 10.1. The van der Waals surface area contributed by atoms with Crippen molar-refractivity contribution in [2.45, 2.75) is 20.1 Å². The Morgan fingerprint density at radius 2 is 1.88 bits per heavy atom. The second-order valence-electron chi connectivity index (χ2n) is 5.54. The summed E-state index contributed by atoms with van der Waals surface area (Å²) in [6, 6.07) is 14.8. The van der Waals surface area contributed by atoms with E-state index in [0.29, 0.717) is 12.1 Å². The molecular weight excluding hydrogens is 304 g/mol. The molecule has 1 aromatic heterocycles. The summed E-state index contributed by atoms with van der Waals surface area (Å²) in [4.78, 5) is 26.2. The molecule has 0 atom stereocenters. The third kappa shape index (κ3) is 3.63. The number of fused-ring (bicyclic) bond motifs is 1. The summed E-state index contributed by atoms with van der Waals surface area (Å²) in [5.41, 5.74) is 3.40. The lowest BCUT2D eigenvalue weighted by molar-refractivity contribution is -0.119. The molecule has 3 rings (SSSR count). The van der Waals surface area contributed by atoms with Crippen LogP contribution in [0.1, 0.15) is 28.4 Å². The van der Waals surface area contributed by atoms with Gasteiger partial charge in [0.2, 0.25) is 5.91 Å². The minimum absolute atomic E-state index is 0.0857. The quantitative estimate of drug-likeness (QED) is 0.709. The molecule has 3 aromatic rings. The van der Waals surface area contributed by atoms with Crippen LogP contribution in [-0.4, -0.2) is 16.9 Å². The Hall–Kier alpha value is -3.08. The third-order valence-corrected chi connectivity index (χ3v) is 3.78. The second-order valence-corrected chi connectivity index (χ2v) is 5.54. The number of carbonyl (C=O) groups is 2. The molecule has 5 heteroatoms. The van der Waals surface area contributed by atoms with Crippen LogP contribution >= 0.6 is 0 Å². The van der Waals surface area contributed by atoms with Crippen LogP contribution in [0.3, 0.4) is 0 Å². The normalized spacial score (nSPS) is 10.5. The number of benzene rings is 2. The maximum absolute atomic E-state index is 12.2. The van der Waals surface area contributed by atoms with Crippen molar-refractivity contribution in [3.8, 4) is 0 Å². The zero-order valence-electron chi connectivity index (χ0n) is 13.3. The lowest BCUT2D eigenvalue weighted by Gasteiger charge is -2.07. The van der Waals surface area contributed by atoms with Gasteiger partial charge in [0.05, 0.1) is 5.56 Å². The highest BCUT2D eigenvalue weighted by Crippen LogP contribution is 2.18. The van der Waals surface area contributed by atoms with Gasteiger partial charge in [0.25, 0.3) is 0 Å². The Labute approximate surface area is 139 Å². The molecule has 2 N–H and O–H groups in total. The van der Waals surface area contributed by atoms with Crippen LogP contribution in [0.5, 0.6) is 0 Å². The first-order valence-electron chi connectivity index (χ1n) is 7.69. The lowest BCUT2D eigenvalue weighted by Crippen LogP contribution is -2.18. The van der Waals surface area contributed by atoms with E-state index in [-0.39, 0.29) is 18.5 Å². The first-order chi connectivity index (χ1) is 11.6. The van der Waals surface area contributed by atoms with Crippen LogP contribution in [0.25, 0.3) is 10.9 Å². The highest BCUT2D eigenvalue weighted by atomic mass is 16.5. The van der Waals surface area contributed by atoms with Gasteiger partial charge in [-0.2, -0.15) is 0 Å². The number of nitrogens with one attached hydrogen (secondary N) is 2. The van der Waals surface area contributed by atoms with Crippen LogP contribution in [-0.2, 0) is 22.7 Å². The molecule has 0 bridgehead atoms. The van der Waals surface area contributed by atoms with Crippen LogP contribution in [0.15, 0.2) is 54.7 Å². The maximum Gasteiger partial charge on any atom is 0.338 e. The van der Waals surface area contributed by atoms with Crippen LogP contribution in [0.4, 0.5) is 0 Å². The molecule has 0 aliphatic heterocycles. The highest BCUT2D eigenvalue weighted by molar-refractivity contribution is 5.90. The summed E-state index contributed by atoms with van der Waals surface area (Å²) < 4.78 is 5.41.